The Morgan fingerprint density at radius 1 is 1.31 bits per heavy atom. The summed E-state index contributed by atoms with van der Waals surface area (Å²) in [5, 5.41) is 9.75. The minimum atomic E-state index is -0.834. The van der Waals surface area contributed by atoms with E-state index >= 15 is 0 Å². The molecule has 1 aromatic rings. The Hall–Kier alpha value is -1.50. The summed E-state index contributed by atoms with van der Waals surface area (Å²) in [6.45, 7) is 3.13. The molecule has 2 rings (SSSR count). The van der Waals surface area contributed by atoms with Crippen LogP contribution in [0.4, 0.5) is 5.69 Å². The van der Waals surface area contributed by atoms with Crippen molar-refractivity contribution in [2.75, 3.05) is 31.2 Å². The maximum absolute atomic E-state index is 9.75. The van der Waals surface area contributed by atoms with Gasteiger partial charge in [0, 0.05) is 24.3 Å². The third kappa shape index (κ3) is 2.19. The van der Waals surface area contributed by atoms with Gasteiger partial charge in [0.2, 0.25) is 0 Å². The minimum Gasteiger partial charge on any atom is -0.378 e. The normalized spacial score (nSPS) is 17.9. The SMILES string of the molecule is C#CC(O)c1ccccc1N1CCOCC1. The van der Waals surface area contributed by atoms with Gasteiger partial charge in [-0.3, -0.25) is 0 Å². The summed E-state index contributed by atoms with van der Waals surface area (Å²) in [5.74, 6) is 2.36. The molecule has 1 aliphatic rings. The summed E-state index contributed by atoms with van der Waals surface area (Å²) in [6, 6.07) is 7.70. The van der Waals surface area contributed by atoms with Crippen molar-refractivity contribution in [2.24, 2.45) is 0 Å². The van der Waals surface area contributed by atoms with Crippen molar-refractivity contribution in [1.82, 2.24) is 0 Å². The van der Waals surface area contributed by atoms with Gasteiger partial charge >= 0.3 is 0 Å². The molecule has 0 bridgehead atoms. The highest BCUT2D eigenvalue weighted by molar-refractivity contribution is 5.56. The van der Waals surface area contributed by atoms with Crippen LogP contribution in [0.3, 0.4) is 0 Å². The number of terminal acetylenes is 1. The predicted molar refractivity (Wildman–Crippen MR) is 63.3 cm³/mol. The van der Waals surface area contributed by atoms with Gasteiger partial charge in [-0.25, -0.2) is 0 Å². The van der Waals surface area contributed by atoms with Gasteiger partial charge in [0.15, 0.2) is 0 Å². The molecule has 1 fully saturated rings. The third-order valence-corrected chi connectivity index (χ3v) is 2.74. The van der Waals surface area contributed by atoms with E-state index in [1.54, 1.807) is 0 Å². The van der Waals surface area contributed by atoms with Crippen molar-refractivity contribution < 1.29 is 9.84 Å². The molecule has 0 aromatic heterocycles. The van der Waals surface area contributed by atoms with Gasteiger partial charge in [-0.05, 0) is 6.07 Å². The van der Waals surface area contributed by atoms with Gasteiger partial charge in [-0.1, -0.05) is 24.1 Å². The van der Waals surface area contributed by atoms with Crippen molar-refractivity contribution in [3.8, 4) is 12.3 Å². The summed E-state index contributed by atoms with van der Waals surface area (Å²) in [4.78, 5) is 2.19. The third-order valence-electron chi connectivity index (χ3n) is 2.74. The van der Waals surface area contributed by atoms with Gasteiger partial charge in [0.05, 0.1) is 13.2 Å². The molecule has 1 saturated heterocycles. The lowest BCUT2D eigenvalue weighted by Crippen LogP contribution is -2.36. The van der Waals surface area contributed by atoms with Crippen molar-refractivity contribution in [2.45, 2.75) is 6.10 Å². The fourth-order valence-corrected chi connectivity index (χ4v) is 1.90. The van der Waals surface area contributed by atoms with E-state index in [0.29, 0.717) is 0 Å². The monoisotopic (exact) mass is 217 g/mol. The second-order valence-corrected chi connectivity index (χ2v) is 3.73. The van der Waals surface area contributed by atoms with Crippen LogP contribution in [0.25, 0.3) is 0 Å². The first-order chi connectivity index (χ1) is 7.83. The van der Waals surface area contributed by atoms with E-state index in [2.05, 4.69) is 10.8 Å². The van der Waals surface area contributed by atoms with E-state index in [1.165, 1.54) is 0 Å². The molecule has 3 heteroatoms. The number of benzene rings is 1. The fourth-order valence-electron chi connectivity index (χ4n) is 1.90. The highest BCUT2D eigenvalue weighted by Crippen LogP contribution is 2.26. The fraction of sp³-hybridized carbons (Fsp3) is 0.385. The van der Waals surface area contributed by atoms with E-state index in [1.807, 2.05) is 24.3 Å². The van der Waals surface area contributed by atoms with Crippen LogP contribution in [0.15, 0.2) is 24.3 Å². The molecule has 1 N–H and O–H groups in total. The summed E-state index contributed by atoms with van der Waals surface area (Å²) in [5.41, 5.74) is 1.81. The lowest BCUT2D eigenvalue weighted by Gasteiger charge is -2.31. The van der Waals surface area contributed by atoms with Crippen LogP contribution < -0.4 is 4.90 Å². The van der Waals surface area contributed by atoms with E-state index in [9.17, 15) is 5.11 Å². The molecule has 0 spiro atoms. The maximum Gasteiger partial charge on any atom is 0.141 e. The van der Waals surface area contributed by atoms with Gasteiger partial charge in [0.25, 0.3) is 0 Å². The van der Waals surface area contributed by atoms with E-state index in [0.717, 1.165) is 37.6 Å². The average Bonchev–Trinajstić information content (AvgIpc) is 2.39. The summed E-state index contributed by atoms with van der Waals surface area (Å²) in [6.07, 6.45) is 4.43. The largest absolute Gasteiger partial charge is 0.378 e. The Balaban J connectivity index is 2.28. The van der Waals surface area contributed by atoms with Crippen LogP contribution in [0.2, 0.25) is 0 Å². The van der Waals surface area contributed by atoms with Crippen LogP contribution in [0.5, 0.6) is 0 Å². The number of rotatable bonds is 2. The van der Waals surface area contributed by atoms with Crippen LogP contribution >= 0.6 is 0 Å². The van der Waals surface area contributed by atoms with Gasteiger partial charge in [-0.15, -0.1) is 6.42 Å². The minimum absolute atomic E-state index is 0.723. The zero-order valence-corrected chi connectivity index (χ0v) is 9.10. The highest BCUT2D eigenvalue weighted by Gasteiger charge is 2.17. The Kier molecular flexibility index (Phi) is 3.45. The smallest absolute Gasteiger partial charge is 0.141 e. The average molecular weight is 217 g/mol. The van der Waals surface area contributed by atoms with Crippen LogP contribution in [0, 0.1) is 12.3 Å². The standard InChI is InChI=1S/C13H15NO2/c1-2-13(15)11-5-3-4-6-12(11)14-7-9-16-10-8-14/h1,3-6,13,15H,7-10H2. The molecule has 1 heterocycles. The van der Waals surface area contributed by atoms with Crippen molar-refractivity contribution >= 4 is 5.69 Å². The molecule has 0 amide bonds. The Labute approximate surface area is 95.6 Å². The molecule has 16 heavy (non-hydrogen) atoms. The van der Waals surface area contributed by atoms with Crippen LogP contribution in [-0.2, 0) is 4.74 Å². The van der Waals surface area contributed by atoms with Gasteiger partial charge in [0.1, 0.15) is 6.10 Å². The first kappa shape index (κ1) is 11.0. The topological polar surface area (TPSA) is 32.7 Å². The predicted octanol–water partition coefficient (Wildman–Crippen LogP) is 1.19. The van der Waals surface area contributed by atoms with E-state index in [4.69, 9.17) is 11.2 Å². The zero-order valence-electron chi connectivity index (χ0n) is 9.10. The first-order valence-corrected chi connectivity index (χ1v) is 5.38. The molecule has 1 aromatic carbocycles. The Morgan fingerprint density at radius 3 is 2.69 bits per heavy atom. The van der Waals surface area contributed by atoms with Crippen LogP contribution in [0.1, 0.15) is 11.7 Å². The molecule has 1 unspecified atom stereocenters. The summed E-state index contributed by atoms with van der Waals surface area (Å²) >= 11 is 0. The number of hydrogen-bond donors (Lipinski definition) is 1. The number of anilines is 1. The summed E-state index contributed by atoms with van der Waals surface area (Å²) < 4.78 is 5.30. The molecule has 1 aliphatic heterocycles. The number of hydrogen-bond acceptors (Lipinski definition) is 3. The summed E-state index contributed by atoms with van der Waals surface area (Å²) in [7, 11) is 0. The lowest BCUT2D eigenvalue weighted by molar-refractivity contribution is 0.122. The zero-order chi connectivity index (χ0) is 11.4. The van der Waals surface area contributed by atoms with Crippen molar-refractivity contribution in [1.29, 1.82) is 0 Å². The van der Waals surface area contributed by atoms with Gasteiger partial charge < -0.3 is 14.7 Å². The molecule has 0 radical (unpaired) electrons. The van der Waals surface area contributed by atoms with E-state index in [-0.39, 0.29) is 0 Å². The second-order valence-electron chi connectivity index (χ2n) is 3.73. The van der Waals surface area contributed by atoms with Crippen LogP contribution in [-0.4, -0.2) is 31.4 Å². The highest BCUT2D eigenvalue weighted by atomic mass is 16.5. The number of ether oxygens (including phenoxy) is 1. The molecule has 84 valence electrons. The number of aliphatic hydroxyl groups excluding tert-OH is 1. The van der Waals surface area contributed by atoms with E-state index < -0.39 is 6.10 Å². The number of morpholine rings is 1. The molecule has 0 saturated carbocycles. The molecule has 3 nitrogen and oxygen atoms in total. The van der Waals surface area contributed by atoms with Crippen molar-refractivity contribution in [3.63, 3.8) is 0 Å². The maximum atomic E-state index is 9.75. The quantitative estimate of drug-likeness (QED) is 0.755. The Bertz CT molecular complexity index is 391. The number of aliphatic hydroxyl groups is 1. The number of para-hydroxylation sites is 1. The molecular weight excluding hydrogens is 202 g/mol. The lowest BCUT2D eigenvalue weighted by atomic mass is 10.1. The molecule has 0 aliphatic carbocycles. The number of nitrogens with zero attached hydrogens (tertiary/aromatic N) is 1. The first-order valence-electron chi connectivity index (χ1n) is 5.38. The van der Waals surface area contributed by atoms with Crippen molar-refractivity contribution in [3.05, 3.63) is 29.8 Å². The molecular formula is C13H15NO2. The Morgan fingerprint density at radius 2 is 2.00 bits per heavy atom. The van der Waals surface area contributed by atoms with Gasteiger partial charge in [-0.2, -0.15) is 0 Å². The molecule has 1 atom stereocenters. The second kappa shape index (κ2) is 5.02.